The van der Waals surface area contributed by atoms with Crippen LogP contribution in [-0.2, 0) is 6.42 Å². The number of rotatable bonds is 5. The van der Waals surface area contributed by atoms with Gasteiger partial charge >= 0.3 is 0 Å². The Labute approximate surface area is 91.9 Å². The molecule has 1 atom stereocenters. The predicted octanol–water partition coefficient (Wildman–Crippen LogP) is 2.64. The molecule has 15 heavy (non-hydrogen) atoms. The molecule has 0 fully saturated rings. The van der Waals surface area contributed by atoms with Crippen LogP contribution in [0.3, 0.4) is 0 Å². The Bertz CT molecular complexity index is 275. The highest BCUT2D eigenvalue weighted by Gasteiger charge is 2.00. The highest BCUT2D eigenvalue weighted by atomic mass is 16.5. The van der Waals surface area contributed by atoms with Crippen molar-refractivity contribution in [3.8, 4) is 5.75 Å². The molecule has 2 heteroatoms. The van der Waals surface area contributed by atoms with Crippen LogP contribution < -0.4 is 4.74 Å². The first-order chi connectivity index (χ1) is 7.08. The van der Waals surface area contributed by atoms with Gasteiger partial charge in [-0.05, 0) is 37.0 Å². The fourth-order valence-electron chi connectivity index (χ4n) is 1.33. The lowest BCUT2D eigenvalue weighted by atomic mass is 10.1. The van der Waals surface area contributed by atoms with Crippen LogP contribution in [-0.4, -0.2) is 17.8 Å². The number of aliphatic hydroxyl groups is 1. The standard InChI is InChI=1S/C13H20O2/c1-10(2)9-15-13-6-4-12(5-7-13)8-11(3)14/h4-7,10-11,14H,8-9H2,1-3H3. The van der Waals surface area contributed by atoms with Gasteiger partial charge in [-0.2, -0.15) is 0 Å². The zero-order valence-corrected chi connectivity index (χ0v) is 9.73. The van der Waals surface area contributed by atoms with E-state index in [1.165, 1.54) is 0 Å². The van der Waals surface area contributed by atoms with Gasteiger partial charge in [0.1, 0.15) is 5.75 Å². The molecule has 0 aliphatic rings. The van der Waals surface area contributed by atoms with E-state index >= 15 is 0 Å². The lowest BCUT2D eigenvalue weighted by molar-refractivity contribution is 0.195. The van der Waals surface area contributed by atoms with Crippen molar-refractivity contribution in [3.63, 3.8) is 0 Å². The molecule has 2 nitrogen and oxygen atoms in total. The van der Waals surface area contributed by atoms with Gasteiger partial charge in [0.25, 0.3) is 0 Å². The summed E-state index contributed by atoms with van der Waals surface area (Å²) in [6.45, 7) is 6.79. The van der Waals surface area contributed by atoms with Gasteiger partial charge in [-0.25, -0.2) is 0 Å². The van der Waals surface area contributed by atoms with Crippen LogP contribution in [0.5, 0.6) is 5.75 Å². The van der Waals surface area contributed by atoms with E-state index in [1.807, 2.05) is 24.3 Å². The first-order valence-corrected chi connectivity index (χ1v) is 5.47. The molecule has 0 amide bonds. The second-order valence-corrected chi connectivity index (χ2v) is 4.40. The molecule has 1 aromatic carbocycles. The maximum atomic E-state index is 9.22. The molecule has 0 aliphatic carbocycles. The number of benzene rings is 1. The topological polar surface area (TPSA) is 29.5 Å². The molecule has 84 valence electrons. The monoisotopic (exact) mass is 208 g/mol. The zero-order valence-electron chi connectivity index (χ0n) is 9.73. The van der Waals surface area contributed by atoms with Gasteiger partial charge < -0.3 is 9.84 Å². The second-order valence-electron chi connectivity index (χ2n) is 4.40. The molecule has 0 aromatic heterocycles. The Kier molecular flexibility index (Phi) is 4.63. The van der Waals surface area contributed by atoms with Crippen LogP contribution >= 0.6 is 0 Å². The molecule has 1 unspecified atom stereocenters. The number of aliphatic hydroxyl groups excluding tert-OH is 1. The van der Waals surface area contributed by atoms with Gasteiger partial charge in [0, 0.05) is 0 Å². The van der Waals surface area contributed by atoms with Crippen LogP contribution in [0, 0.1) is 5.92 Å². The Morgan fingerprint density at radius 3 is 2.20 bits per heavy atom. The fourth-order valence-corrected chi connectivity index (χ4v) is 1.33. The minimum atomic E-state index is -0.285. The Morgan fingerprint density at radius 1 is 1.13 bits per heavy atom. The maximum absolute atomic E-state index is 9.22. The first-order valence-electron chi connectivity index (χ1n) is 5.47. The SMILES string of the molecule is CC(C)COc1ccc(CC(C)O)cc1. The predicted molar refractivity (Wildman–Crippen MR) is 62.2 cm³/mol. The van der Waals surface area contributed by atoms with Crippen molar-refractivity contribution in [2.24, 2.45) is 5.92 Å². The van der Waals surface area contributed by atoms with Crippen LogP contribution in [0.15, 0.2) is 24.3 Å². The van der Waals surface area contributed by atoms with Crippen LogP contribution in [0.1, 0.15) is 26.3 Å². The third-order valence-electron chi connectivity index (χ3n) is 2.04. The molecule has 1 rings (SSSR count). The average molecular weight is 208 g/mol. The molecule has 0 bridgehead atoms. The third-order valence-corrected chi connectivity index (χ3v) is 2.04. The summed E-state index contributed by atoms with van der Waals surface area (Å²) in [5, 5.41) is 9.22. The Morgan fingerprint density at radius 2 is 1.73 bits per heavy atom. The van der Waals surface area contributed by atoms with Gasteiger partial charge in [0.2, 0.25) is 0 Å². The summed E-state index contributed by atoms with van der Waals surface area (Å²) in [6.07, 6.45) is 0.414. The largest absolute Gasteiger partial charge is 0.493 e. The second kappa shape index (κ2) is 5.76. The normalized spacial score (nSPS) is 12.9. The summed E-state index contributed by atoms with van der Waals surface area (Å²) in [5.41, 5.74) is 1.14. The van der Waals surface area contributed by atoms with Gasteiger partial charge in [0.05, 0.1) is 12.7 Å². The first kappa shape index (κ1) is 12.1. The quantitative estimate of drug-likeness (QED) is 0.806. The summed E-state index contributed by atoms with van der Waals surface area (Å²) in [6, 6.07) is 7.92. The number of ether oxygens (including phenoxy) is 1. The summed E-state index contributed by atoms with van der Waals surface area (Å²) >= 11 is 0. The van der Waals surface area contributed by atoms with Crippen molar-refractivity contribution >= 4 is 0 Å². The van der Waals surface area contributed by atoms with E-state index in [9.17, 15) is 5.11 Å². The van der Waals surface area contributed by atoms with Crippen molar-refractivity contribution in [1.82, 2.24) is 0 Å². The van der Waals surface area contributed by atoms with E-state index < -0.39 is 0 Å². The van der Waals surface area contributed by atoms with E-state index in [-0.39, 0.29) is 6.10 Å². The number of hydrogen-bond donors (Lipinski definition) is 1. The van der Waals surface area contributed by atoms with Crippen molar-refractivity contribution in [1.29, 1.82) is 0 Å². The molecule has 0 spiro atoms. The summed E-state index contributed by atoms with van der Waals surface area (Å²) in [7, 11) is 0. The molecule has 0 aliphatic heterocycles. The van der Waals surface area contributed by atoms with Gasteiger partial charge in [-0.3, -0.25) is 0 Å². The lowest BCUT2D eigenvalue weighted by Gasteiger charge is -2.09. The van der Waals surface area contributed by atoms with Gasteiger partial charge in [-0.1, -0.05) is 26.0 Å². The molecule has 0 saturated heterocycles. The van der Waals surface area contributed by atoms with Crippen molar-refractivity contribution in [2.45, 2.75) is 33.3 Å². The van der Waals surface area contributed by atoms with E-state index in [0.717, 1.165) is 17.9 Å². The molecule has 0 radical (unpaired) electrons. The average Bonchev–Trinajstić information content (AvgIpc) is 2.16. The molecular weight excluding hydrogens is 188 g/mol. The highest BCUT2D eigenvalue weighted by Crippen LogP contribution is 2.14. The van der Waals surface area contributed by atoms with E-state index in [4.69, 9.17) is 4.74 Å². The minimum absolute atomic E-state index is 0.285. The van der Waals surface area contributed by atoms with E-state index in [2.05, 4.69) is 13.8 Å². The zero-order chi connectivity index (χ0) is 11.3. The summed E-state index contributed by atoms with van der Waals surface area (Å²) in [4.78, 5) is 0. The smallest absolute Gasteiger partial charge is 0.119 e. The molecule has 0 heterocycles. The van der Waals surface area contributed by atoms with Crippen molar-refractivity contribution < 1.29 is 9.84 Å². The number of hydrogen-bond acceptors (Lipinski definition) is 2. The third kappa shape index (κ3) is 4.84. The lowest BCUT2D eigenvalue weighted by Crippen LogP contribution is -2.05. The molecular formula is C13H20O2. The maximum Gasteiger partial charge on any atom is 0.119 e. The Balaban J connectivity index is 2.49. The fraction of sp³-hybridized carbons (Fsp3) is 0.538. The molecule has 0 saturated carbocycles. The van der Waals surface area contributed by atoms with Crippen molar-refractivity contribution in [2.75, 3.05) is 6.61 Å². The van der Waals surface area contributed by atoms with Crippen LogP contribution in [0.25, 0.3) is 0 Å². The molecule has 1 aromatic rings. The van der Waals surface area contributed by atoms with Crippen LogP contribution in [0.2, 0.25) is 0 Å². The van der Waals surface area contributed by atoms with Gasteiger partial charge in [-0.15, -0.1) is 0 Å². The summed E-state index contributed by atoms with van der Waals surface area (Å²) < 4.78 is 5.56. The van der Waals surface area contributed by atoms with E-state index in [1.54, 1.807) is 6.92 Å². The van der Waals surface area contributed by atoms with Crippen LogP contribution in [0.4, 0.5) is 0 Å². The highest BCUT2D eigenvalue weighted by molar-refractivity contribution is 5.27. The Hall–Kier alpha value is -1.02. The minimum Gasteiger partial charge on any atom is -0.493 e. The summed E-state index contributed by atoms with van der Waals surface area (Å²) in [5.74, 6) is 1.44. The van der Waals surface area contributed by atoms with Crippen molar-refractivity contribution in [3.05, 3.63) is 29.8 Å². The van der Waals surface area contributed by atoms with E-state index in [0.29, 0.717) is 12.3 Å². The van der Waals surface area contributed by atoms with Gasteiger partial charge in [0.15, 0.2) is 0 Å². The molecule has 1 N–H and O–H groups in total.